The first-order valence-electron chi connectivity index (χ1n) is 9.56. The van der Waals surface area contributed by atoms with Gasteiger partial charge in [0.15, 0.2) is 0 Å². The summed E-state index contributed by atoms with van der Waals surface area (Å²) in [7, 11) is -3.60. The molecule has 0 aliphatic heterocycles. The molecule has 0 fully saturated rings. The first kappa shape index (κ1) is 21.5. The van der Waals surface area contributed by atoms with E-state index in [0.29, 0.717) is 11.4 Å². The van der Waals surface area contributed by atoms with Crippen LogP contribution in [-0.4, -0.2) is 27.5 Å². The fourth-order valence-corrected chi connectivity index (χ4v) is 5.36. The summed E-state index contributed by atoms with van der Waals surface area (Å²) in [4.78, 5) is 2.61. The van der Waals surface area contributed by atoms with E-state index in [1.165, 1.54) is 0 Å². The van der Waals surface area contributed by atoms with Crippen LogP contribution in [0.25, 0.3) is 0 Å². The van der Waals surface area contributed by atoms with Crippen molar-refractivity contribution in [3.8, 4) is 0 Å². The molecule has 1 unspecified atom stereocenters. The lowest BCUT2D eigenvalue weighted by molar-refractivity contribution is 0.444. The monoisotopic (exact) mass is 388 g/mol. The SMILES string of the molecule is CCN(CC(NS(=O)(=O)c1c(C)cc(C)cc1C)C(C)C)c1ccccc1. The first-order chi connectivity index (χ1) is 12.7. The molecule has 0 aromatic heterocycles. The Labute approximate surface area is 164 Å². The van der Waals surface area contributed by atoms with Crippen molar-refractivity contribution in [1.29, 1.82) is 0 Å². The van der Waals surface area contributed by atoms with Crippen molar-refractivity contribution in [3.63, 3.8) is 0 Å². The van der Waals surface area contributed by atoms with E-state index < -0.39 is 10.0 Å². The fourth-order valence-electron chi connectivity index (χ4n) is 3.53. The first-order valence-corrected chi connectivity index (χ1v) is 11.0. The molecule has 0 amide bonds. The van der Waals surface area contributed by atoms with E-state index in [0.717, 1.165) is 28.9 Å². The molecule has 0 aliphatic rings. The number of aryl methyl sites for hydroxylation is 3. The van der Waals surface area contributed by atoms with Crippen molar-refractivity contribution in [3.05, 3.63) is 59.2 Å². The lowest BCUT2D eigenvalue weighted by Crippen LogP contribution is -2.47. The van der Waals surface area contributed by atoms with Crippen molar-refractivity contribution in [2.75, 3.05) is 18.0 Å². The minimum absolute atomic E-state index is 0.170. The number of hydrogen-bond donors (Lipinski definition) is 1. The standard InChI is InChI=1S/C22H32N2O2S/c1-7-24(20-11-9-8-10-12-20)15-21(16(2)3)23-27(25,26)22-18(5)13-17(4)14-19(22)6/h8-14,16,21,23H,7,15H2,1-6H3. The van der Waals surface area contributed by atoms with Crippen LogP contribution in [-0.2, 0) is 10.0 Å². The molecule has 2 aromatic carbocycles. The predicted octanol–water partition coefficient (Wildman–Crippen LogP) is 4.44. The summed E-state index contributed by atoms with van der Waals surface area (Å²) in [5.41, 5.74) is 3.76. The zero-order valence-corrected chi connectivity index (χ0v) is 18.1. The van der Waals surface area contributed by atoms with Crippen LogP contribution in [0.1, 0.15) is 37.5 Å². The summed E-state index contributed by atoms with van der Waals surface area (Å²) in [5.74, 6) is 0.170. The van der Waals surface area contributed by atoms with Crippen molar-refractivity contribution >= 4 is 15.7 Å². The highest BCUT2D eigenvalue weighted by molar-refractivity contribution is 7.89. The molecule has 1 N–H and O–H groups in total. The third-order valence-electron chi connectivity index (χ3n) is 4.90. The minimum atomic E-state index is -3.60. The molecular formula is C22H32N2O2S. The third-order valence-corrected chi connectivity index (χ3v) is 6.70. The molecule has 1 atom stereocenters. The Balaban J connectivity index is 2.30. The second-order valence-corrected chi connectivity index (χ2v) is 9.22. The Hall–Kier alpha value is -1.85. The molecule has 0 radical (unpaired) electrons. The van der Waals surface area contributed by atoms with Gasteiger partial charge in [-0.05, 0) is 56.9 Å². The normalized spacial score (nSPS) is 13.0. The highest BCUT2D eigenvalue weighted by Gasteiger charge is 2.27. The summed E-state index contributed by atoms with van der Waals surface area (Å²) in [5, 5.41) is 0. The fraction of sp³-hybridized carbons (Fsp3) is 0.455. The van der Waals surface area contributed by atoms with Gasteiger partial charge in [-0.2, -0.15) is 0 Å². The van der Waals surface area contributed by atoms with Gasteiger partial charge in [0.25, 0.3) is 0 Å². The molecule has 0 bridgehead atoms. The van der Waals surface area contributed by atoms with E-state index in [1.54, 1.807) is 0 Å². The zero-order valence-electron chi connectivity index (χ0n) is 17.3. The highest BCUT2D eigenvalue weighted by Crippen LogP contribution is 2.23. The number of sulfonamides is 1. The van der Waals surface area contributed by atoms with Crippen LogP contribution in [0.3, 0.4) is 0 Å². The number of rotatable bonds is 8. The molecule has 0 saturated heterocycles. The van der Waals surface area contributed by atoms with Gasteiger partial charge >= 0.3 is 0 Å². The number of hydrogen-bond acceptors (Lipinski definition) is 3. The molecule has 5 heteroatoms. The van der Waals surface area contributed by atoms with E-state index in [4.69, 9.17) is 0 Å². The summed E-state index contributed by atoms with van der Waals surface area (Å²) in [6.07, 6.45) is 0. The molecule has 2 aromatic rings. The van der Waals surface area contributed by atoms with Crippen LogP contribution in [0.5, 0.6) is 0 Å². The van der Waals surface area contributed by atoms with E-state index in [9.17, 15) is 8.42 Å². The average Bonchev–Trinajstić information content (AvgIpc) is 2.57. The average molecular weight is 389 g/mol. The van der Waals surface area contributed by atoms with Crippen molar-refractivity contribution in [2.45, 2.75) is 52.5 Å². The van der Waals surface area contributed by atoms with Crippen LogP contribution in [0.15, 0.2) is 47.4 Å². The number of benzene rings is 2. The van der Waals surface area contributed by atoms with Gasteiger partial charge in [0.2, 0.25) is 10.0 Å². The van der Waals surface area contributed by atoms with Gasteiger partial charge in [0.1, 0.15) is 0 Å². The van der Waals surface area contributed by atoms with Gasteiger partial charge < -0.3 is 4.90 Å². The molecule has 0 aliphatic carbocycles. The van der Waals surface area contributed by atoms with Crippen LogP contribution in [0.2, 0.25) is 0 Å². The Kier molecular flexibility index (Phi) is 7.06. The number of likely N-dealkylation sites (N-methyl/N-ethyl adjacent to an activating group) is 1. The number of nitrogens with one attached hydrogen (secondary N) is 1. The third kappa shape index (κ3) is 5.33. The second-order valence-electron chi connectivity index (χ2n) is 7.57. The molecular weight excluding hydrogens is 356 g/mol. The molecule has 2 rings (SSSR count). The maximum absolute atomic E-state index is 13.2. The Morgan fingerprint density at radius 3 is 2.04 bits per heavy atom. The van der Waals surface area contributed by atoms with Gasteiger partial charge in [-0.1, -0.05) is 49.7 Å². The maximum atomic E-state index is 13.2. The van der Waals surface area contributed by atoms with E-state index in [1.807, 2.05) is 51.1 Å². The zero-order chi connectivity index (χ0) is 20.2. The van der Waals surface area contributed by atoms with Crippen LogP contribution in [0, 0.1) is 26.7 Å². The largest absolute Gasteiger partial charge is 0.370 e. The van der Waals surface area contributed by atoms with Crippen LogP contribution in [0.4, 0.5) is 5.69 Å². The van der Waals surface area contributed by atoms with Gasteiger partial charge in [0.05, 0.1) is 4.90 Å². The smallest absolute Gasteiger partial charge is 0.241 e. The van der Waals surface area contributed by atoms with E-state index >= 15 is 0 Å². The molecule has 27 heavy (non-hydrogen) atoms. The summed E-state index contributed by atoms with van der Waals surface area (Å²) in [6.45, 7) is 13.4. The van der Waals surface area contributed by atoms with Crippen molar-refractivity contribution in [2.24, 2.45) is 5.92 Å². The lowest BCUT2D eigenvalue weighted by Gasteiger charge is -2.31. The second kappa shape index (κ2) is 8.89. The van der Waals surface area contributed by atoms with Crippen LogP contribution < -0.4 is 9.62 Å². The highest BCUT2D eigenvalue weighted by atomic mass is 32.2. The molecule has 4 nitrogen and oxygen atoms in total. The Morgan fingerprint density at radius 1 is 1.00 bits per heavy atom. The number of para-hydroxylation sites is 1. The molecule has 148 valence electrons. The topological polar surface area (TPSA) is 49.4 Å². The summed E-state index contributed by atoms with van der Waals surface area (Å²) >= 11 is 0. The Bertz CT molecular complexity index is 838. The van der Waals surface area contributed by atoms with Gasteiger partial charge in [-0.25, -0.2) is 13.1 Å². The molecule has 0 heterocycles. The minimum Gasteiger partial charge on any atom is -0.370 e. The molecule has 0 spiro atoms. The summed E-state index contributed by atoms with van der Waals surface area (Å²) < 4.78 is 29.3. The van der Waals surface area contributed by atoms with Gasteiger partial charge in [-0.3, -0.25) is 0 Å². The Morgan fingerprint density at radius 2 is 1.56 bits per heavy atom. The van der Waals surface area contributed by atoms with Gasteiger partial charge in [0, 0.05) is 24.8 Å². The van der Waals surface area contributed by atoms with Crippen molar-refractivity contribution in [1.82, 2.24) is 4.72 Å². The summed E-state index contributed by atoms with van der Waals surface area (Å²) in [6, 6.07) is 13.8. The van der Waals surface area contributed by atoms with Gasteiger partial charge in [-0.15, -0.1) is 0 Å². The van der Waals surface area contributed by atoms with Crippen LogP contribution >= 0.6 is 0 Å². The quantitative estimate of drug-likeness (QED) is 0.727. The maximum Gasteiger partial charge on any atom is 0.241 e. The number of nitrogens with zero attached hydrogens (tertiary/aromatic N) is 1. The molecule has 0 saturated carbocycles. The lowest BCUT2D eigenvalue weighted by atomic mass is 10.0. The van der Waals surface area contributed by atoms with E-state index in [2.05, 4.69) is 42.5 Å². The predicted molar refractivity (Wildman–Crippen MR) is 114 cm³/mol. The number of anilines is 1. The van der Waals surface area contributed by atoms with Crippen molar-refractivity contribution < 1.29 is 8.42 Å². The van der Waals surface area contributed by atoms with E-state index in [-0.39, 0.29) is 12.0 Å².